The smallest absolute Gasteiger partial charge is 0.250 e. The number of benzene rings is 1. The number of pyridine rings is 1. The second-order valence-electron chi connectivity index (χ2n) is 4.36. The molecular formula is C14H13N3O. The van der Waals surface area contributed by atoms with E-state index in [1.54, 1.807) is 10.6 Å². The molecule has 0 amide bonds. The molecule has 18 heavy (non-hydrogen) atoms. The highest BCUT2D eigenvalue weighted by Crippen LogP contribution is 2.05. The van der Waals surface area contributed by atoms with Gasteiger partial charge in [0.2, 0.25) is 0 Å². The van der Waals surface area contributed by atoms with E-state index in [0.29, 0.717) is 12.2 Å². The second-order valence-corrected chi connectivity index (χ2v) is 4.36. The largest absolute Gasteiger partial charge is 0.350 e. The molecule has 2 aromatic heterocycles. The lowest BCUT2D eigenvalue weighted by molar-refractivity contribution is 0.658. The van der Waals surface area contributed by atoms with Crippen LogP contribution in [0.1, 0.15) is 11.1 Å². The summed E-state index contributed by atoms with van der Waals surface area (Å²) in [5.74, 6) is 0. The monoisotopic (exact) mass is 239 g/mol. The summed E-state index contributed by atoms with van der Waals surface area (Å²) in [6.07, 6.45) is 1.73. The van der Waals surface area contributed by atoms with Gasteiger partial charge in [0.05, 0.1) is 6.54 Å². The average Bonchev–Trinajstić information content (AvgIpc) is 2.67. The fourth-order valence-corrected chi connectivity index (χ4v) is 2.05. The van der Waals surface area contributed by atoms with Gasteiger partial charge in [-0.25, -0.2) is 9.48 Å². The Kier molecular flexibility index (Phi) is 2.48. The number of aryl methyl sites for hydroxylation is 1. The molecule has 0 aliphatic rings. The maximum absolute atomic E-state index is 12.1. The van der Waals surface area contributed by atoms with E-state index in [4.69, 9.17) is 0 Å². The number of nitrogens with zero attached hydrogens (tertiary/aromatic N) is 3. The van der Waals surface area contributed by atoms with E-state index in [9.17, 15) is 4.79 Å². The van der Waals surface area contributed by atoms with Crippen LogP contribution in [0.3, 0.4) is 0 Å². The van der Waals surface area contributed by atoms with Crippen LogP contribution in [0, 0.1) is 6.92 Å². The molecule has 4 heteroatoms. The maximum atomic E-state index is 12.1. The Morgan fingerprint density at radius 3 is 2.83 bits per heavy atom. The summed E-state index contributed by atoms with van der Waals surface area (Å²) in [6.45, 7) is 2.54. The third-order valence-corrected chi connectivity index (χ3v) is 2.90. The quantitative estimate of drug-likeness (QED) is 0.684. The van der Waals surface area contributed by atoms with Crippen molar-refractivity contribution < 1.29 is 0 Å². The molecule has 0 radical (unpaired) electrons. The van der Waals surface area contributed by atoms with E-state index in [2.05, 4.69) is 11.2 Å². The highest BCUT2D eigenvalue weighted by Gasteiger charge is 2.06. The third-order valence-electron chi connectivity index (χ3n) is 2.90. The SMILES string of the molecule is Cc1cccc(Cn2nc3ccccn3c2=O)c1. The zero-order valence-electron chi connectivity index (χ0n) is 10.1. The first-order valence-corrected chi connectivity index (χ1v) is 5.84. The van der Waals surface area contributed by atoms with Gasteiger partial charge in [-0.3, -0.25) is 4.40 Å². The summed E-state index contributed by atoms with van der Waals surface area (Å²) in [4.78, 5) is 12.1. The molecule has 2 heterocycles. The van der Waals surface area contributed by atoms with Gasteiger partial charge in [0.15, 0.2) is 5.65 Å². The van der Waals surface area contributed by atoms with E-state index in [-0.39, 0.29) is 5.69 Å². The van der Waals surface area contributed by atoms with Crippen LogP contribution in [0.5, 0.6) is 0 Å². The molecule has 0 saturated carbocycles. The number of rotatable bonds is 2. The number of hydrogen-bond acceptors (Lipinski definition) is 2. The van der Waals surface area contributed by atoms with E-state index in [0.717, 1.165) is 5.56 Å². The molecule has 0 unspecified atom stereocenters. The van der Waals surface area contributed by atoms with Crippen molar-refractivity contribution in [1.82, 2.24) is 14.2 Å². The van der Waals surface area contributed by atoms with Crippen molar-refractivity contribution in [3.63, 3.8) is 0 Å². The molecule has 0 fully saturated rings. The summed E-state index contributed by atoms with van der Waals surface area (Å²) < 4.78 is 3.04. The molecule has 0 aliphatic heterocycles. The summed E-state index contributed by atoms with van der Waals surface area (Å²) in [5, 5.41) is 4.30. The number of fused-ring (bicyclic) bond motifs is 1. The highest BCUT2D eigenvalue weighted by molar-refractivity contribution is 5.35. The van der Waals surface area contributed by atoms with E-state index >= 15 is 0 Å². The molecule has 0 saturated heterocycles. The molecule has 3 aromatic rings. The predicted octanol–water partition coefficient (Wildman–Crippen LogP) is 1.85. The lowest BCUT2D eigenvalue weighted by Crippen LogP contribution is -2.21. The lowest BCUT2D eigenvalue weighted by atomic mass is 10.1. The normalized spacial score (nSPS) is 10.9. The van der Waals surface area contributed by atoms with Crippen molar-refractivity contribution in [2.24, 2.45) is 0 Å². The molecule has 90 valence electrons. The van der Waals surface area contributed by atoms with Gasteiger partial charge in [0.1, 0.15) is 0 Å². The van der Waals surface area contributed by atoms with Gasteiger partial charge in [-0.2, -0.15) is 0 Å². The van der Waals surface area contributed by atoms with Gasteiger partial charge in [0.25, 0.3) is 0 Å². The van der Waals surface area contributed by atoms with Crippen LogP contribution in [-0.4, -0.2) is 14.2 Å². The minimum atomic E-state index is -0.105. The average molecular weight is 239 g/mol. The van der Waals surface area contributed by atoms with Crippen LogP contribution in [0.2, 0.25) is 0 Å². The van der Waals surface area contributed by atoms with Gasteiger partial charge in [-0.05, 0) is 24.6 Å². The molecule has 0 spiro atoms. The van der Waals surface area contributed by atoms with Crippen LogP contribution < -0.4 is 5.69 Å². The van der Waals surface area contributed by atoms with Crippen LogP contribution in [0.25, 0.3) is 5.65 Å². The second kappa shape index (κ2) is 4.14. The third kappa shape index (κ3) is 1.82. The molecule has 0 atom stereocenters. The highest BCUT2D eigenvalue weighted by atomic mass is 16.2. The molecule has 3 rings (SSSR count). The number of hydrogen-bond donors (Lipinski definition) is 0. The Labute approximate surface area is 104 Å². The van der Waals surface area contributed by atoms with Crippen molar-refractivity contribution in [3.8, 4) is 0 Å². The number of aromatic nitrogens is 3. The maximum Gasteiger partial charge on any atom is 0.350 e. The van der Waals surface area contributed by atoms with Gasteiger partial charge in [-0.15, -0.1) is 5.10 Å². The Morgan fingerprint density at radius 2 is 2.06 bits per heavy atom. The lowest BCUT2D eigenvalue weighted by Gasteiger charge is -2.01. The van der Waals surface area contributed by atoms with Crippen LogP contribution >= 0.6 is 0 Å². The molecule has 1 aromatic carbocycles. The Hall–Kier alpha value is -2.36. The molecule has 0 N–H and O–H groups in total. The van der Waals surface area contributed by atoms with Crippen molar-refractivity contribution in [2.45, 2.75) is 13.5 Å². The fourth-order valence-electron chi connectivity index (χ4n) is 2.05. The summed E-state index contributed by atoms with van der Waals surface area (Å²) in [5.41, 5.74) is 2.84. The Balaban J connectivity index is 2.05. The minimum Gasteiger partial charge on any atom is -0.250 e. The Bertz CT molecular complexity index is 755. The van der Waals surface area contributed by atoms with E-state index < -0.39 is 0 Å². The van der Waals surface area contributed by atoms with Crippen molar-refractivity contribution >= 4 is 5.65 Å². The van der Waals surface area contributed by atoms with Gasteiger partial charge < -0.3 is 0 Å². The van der Waals surface area contributed by atoms with Gasteiger partial charge >= 0.3 is 5.69 Å². The first kappa shape index (κ1) is 10.8. The van der Waals surface area contributed by atoms with Crippen LogP contribution in [0.4, 0.5) is 0 Å². The van der Waals surface area contributed by atoms with Crippen LogP contribution in [0.15, 0.2) is 53.5 Å². The van der Waals surface area contributed by atoms with Crippen molar-refractivity contribution in [3.05, 3.63) is 70.3 Å². The van der Waals surface area contributed by atoms with Crippen molar-refractivity contribution in [1.29, 1.82) is 0 Å². The summed E-state index contributed by atoms with van der Waals surface area (Å²) >= 11 is 0. The van der Waals surface area contributed by atoms with Gasteiger partial charge in [-0.1, -0.05) is 35.9 Å². The van der Waals surface area contributed by atoms with Gasteiger partial charge in [0, 0.05) is 6.20 Å². The minimum absolute atomic E-state index is 0.105. The molecule has 0 aliphatic carbocycles. The van der Waals surface area contributed by atoms with Crippen LogP contribution in [-0.2, 0) is 6.54 Å². The molecular weight excluding hydrogens is 226 g/mol. The molecule has 0 bridgehead atoms. The van der Waals surface area contributed by atoms with E-state index in [1.807, 2.05) is 43.3 Å². The standard InChI is InChI=1S/C14H13N3O/c1-11-5-4-6-12(9-11)10-17-14(18)16-8-3-2-7-13(16)15-17/h2-9H,10H2,1H3. The summed E-state index contributed by atoms with van der Waals surface area (Å²) in [6, 6.07) is 13.6. The molecule has 4 nitrogen and oxygen atoms in total. The van der Waals surface area contributed by atoms with Crippen molar-refractivity contribution in [2.75, 3.05) is 0 Å². The predicted molar refractivity (Wildman–Crippen MR) is 69.7 cm³/mol. The first-order valence-electron chi connectivity index (χ1n) is 5.84. The van der Waals surface area contributed by atoms with E-state index in [1.165, 1.54) is 10.2 Å². The first-order chi connectivity index (χ1) is 8.74. The zero-order chi connectivity index (χ0) is 12.5. The fraction of sp³-hybridized carbons (Fsp3) is 0.143. The Morgan fingerprint density at radius 1 is 1.17 bits per heavy atom. The summed E-state index contributed by atoms with van der Waals surface area (Å²) in [7, 11) is 0. The topological polar surface area (TPSA) is 39.3 Å². The zero-order valence-corrected chi connectivity index (χ0v) is 10.1.